The Morgan fingerprint density at radius 1 is 0.970 bits per heavy atom. The van der Waals surface area contributed by atoms with Crippen LogP contribution in [-0.4, -0.2) is 26.9 Å². The molecule has 33 heavy (non-hydrogen) atoms. The minimum atomic E-state index is -0.251. The number of allylic oxidation sites excluding steroid dienone is 2. The zero-order chi connectivity index (χ0) is 25.6. The van der Waals surface area contributed by atoms with Crippen molar-refractivity contribution >= 4 is 34.5 Å². The number of Topliss-reactive ketones (excluding diaryl/α,β-unsaturated/α-hetero) is 2. The molecule has 0 aliphatic rings. The molecule has 0 fully saturated rings. The molecule has 0 saturated carbocycles. The van der Waals surface area contributed by atoms with Crippen LogP contribution >= 0.6 is 0 Å². The number of amides is 1. The summed E-state index contributed by atoms with van der Waals surface area (Å²) in [5, 5.41) is 2.79. The predicted octanol–water partition coefficient (Wildman–Crippen LogP) is 5.97. The molecule has 0 bridgehead atoms. The fourth-order valence-corrected chi connectivity index (χ4v) is 2.32. The molecule has 0 atom stereocenters. The number of hydrogen-bond acceptors (Lipinski definition) is 5. The number of carbonyl (C=O) groups is 3. The van der Waals surface area contributed by atoms with E-state index in [9.17, 15) is 14.4 Å². The molecule has 0 aliphatic heterocycles. The number of fused-ring (bicyclic) bond motifs is 1. The van der Waals surface area contributed by atoms with E-state index in [1.165, 1.54) is 6.92 Å². The van der Waals surface area contributed by atoms with Gasteiger partial charge in [-0.1, -0.05) is 39.8 Å². The Morgan fingerprint density at radius 2 is 1.61 bits per heavy atom. The number of imidazole rings is 1. The number of nitrogens with one attached hydrogen (secondary N) is 1. The molecule has 7 nitrogen and oxygen atoms in total. The lowest BCUT2D eigenvalue weighted by atomic mass is 10.2. The Hall–Kier alpha value is -3.74. The van der Waals surface area contributed by atoms with E-state index in [0.29, 0.717) is 28.3 Å². The first-order valence-electron chi connectivity index (χ1n) is 11.0. The Morgan fingerprint density at radius 3 is 2.09 bits per heavy atom. The van der Waals surface area contributed by atoms with E-state index in [0.717, 1.165) is 5.57 Å². The summed E-state index contributed by atoms with van der Waals surface area (Å²) in [6, 6.07) is 10.2. The summed E-state index contributed by atoms with van der Waals surface area (Å²) >= 11 is 0. The monoisotopic (exact) mass is 452 g/mol. The molecule has 3 N–H and O–H groups in total. The number of nitrogen functional groups attached to an aromatic ring is 1. The molecule has 2 aromatic heterocycles. The first-order valence-corrected chi connectivity index (χ1v) is 11.0. The van der Waals surface area contributed by atoms with E-state index in [4.69, 9.17) is 5.73 Å². The van der Waals surface area contributed by atoms with Gasteiger partial charge in [0.05, 0.1) is 5.69 Å². The zero-order valence-corrected chi connectivity index (χ0v) is 20.9. The molecular formula is C26H36N4O3. The number of carbonyl (C=O) groups excluding carboxylic acids is 3. The number of nitrogens with two attached hydrogens (primary N) is 1. The van der Waals surface area contributed by atoms with Crippen molar-refractivity contribution in [2.75, 3.05) is 11.1 Å². The summed E-state index contributed by atoms with van der Waals surface area (Å²) in [6.07, 6.45) is 5.15. The number of rotatable bonds is 4. The van der Waals surface area contributed by atoms with E-state index >= 15 is 0 Å². The number of nitrogens with zero attached hydrogens (tertiary/aromatic N) is 2. The molecule has 3 aromatic rings. The second-order valence-corrected chi connectivity index (χ2v) is 6.47. The summed E-state index contributed by atoms with van der Waals surface area (Å²) < 4.78 is 1.70. The average molecular weight is 453 g/mol. The van der Waals surface area contributed by atoms with E-state index in [-0.39, 0.29) is 17.5 Å². The Bertz CT molecular complexity index is 1100. The molecule has 0 unspecified atom stereocenters. The highest BCUT2D eigenvalue weighted by atomic mass is 16.1. The number of aromatic nitrogens is 2. The third-order valence-corrected chi connectivity index (χ3v) is 4.21. The normalized spacial score (nSPS) is 9.88. The van der Waals surface area contributed by atoms with Gasteiger partial charge in [-0.3, -0.25) is 14.4 Å². The van der Waals surface area contributed by atoms with Gasteiger partial charge in [0.2, 0.25) is 0 Å². The Labute approximate surface area is 196 Å². The Kier molecular flexibility index (Phi) is 13.4. The third-order valence-electron chi connectivity index (χ3n) is 4.21. The number of anilines is 2. The second kappa shape index (κ2) is 15.1. The highest BCUT2D eigenvalue weighted by molar-refractivity contribution is 6.04. The van der Waals surface area contributed by atoms with Crippen molar-refractivity contribution in [3.05, 3.63) is 71.7 Å². The lowest BCUT2D eigenvalue weighted by Gasteiger charge is -2.06. The largest absolute Gasteiger partial charge is 0.399 e. The summed E-state index contributed by atoms with van der Waals surface area (Å²) in [7, 11) is 0. The standard InChI is InChI=1S/C16H14N4O2.C6H10O.2C2H6/c1-10(21)14-9-20-8-13(5-6-15(20)19-14)18-16(22)11-3-2-4-12(17)7-11;1-4-5(2)6(3)7;2*1-2/h2-9H,17H2,1H3,(H,18,22);4H,1-3H3;2*1-2H3/b;5-4+;;. The molecule has 0 saturated heterocycles. The number of pyridine rings is 1. The fraction of sp³-hybridized carbons (Fsp3) is 0.308. The first kappa shape index (κ1) is 29.3. The van der Waals surface area contributed by atoms with Crippen LogP contribution in [0, 0.1) is 0 Å². The van der Waals surface area contributed by atoms with Crippen LogP contribution in [0.2, 0.25) is 0 Å². The topological polar surface area (TPSA) is 107 Å². The van der Waals surface area contributed by atoms with Crippen LogP contribution < -0.4 is 11.1 Å². The highest BCUT2D eigenvalue weighted by Crippen LogP contribution is 2.14. The molecule has 1 aromatic carbocycles. The molecule has 0 radical (unpaired) electrons. The van der Waals surface area contributed by atoms with Crippen LogP contribution in [-0.2, 0) is 4.79 Å². The molecule has 0 spiro atoms. The molecule has 178 valence electrons. The number of ketones is 2. The van der Waals surface area contributed by atoms with Gasteiger partial charge >= 0.3 is 0 Å². The van der Waals surface area contributed by atoms with Crippen LogP contribution in [0.5, 0.6) is 0 Å². The van der Waals surface area contributed by atoms with Crippen LogP contribution in [0.3, 0.4) is 0 Å². The summed E-state index contributed by atoms with van der Waals surface area (Å²) in [5.41, 5.74) is 9.16. The highest BCUT2D eigenvalue weighted by Gasteiger charge is 2.09. The quantitative estimate of drug-likeness (QED) is 0.288. The van der Waals surface area contributed by atoms with Crippen molar-refractivity contribution in [1.29, 1.82) is 0 Å². The molecule has 7 heteroatoms. The van der Waals surface area contributed by atoms with Crippen LogP contribution in [0.4, 0.5) is 11.4 Å². The lowest BCUT2D eigenvalue weighted by molar-refractivity contribution is -0.113. The molecule has 3 rings (SSSR count). The maximum Gasteiger partial charge on any atom is 0.255 e. The van der Waals surface area contributed by atoms with Gasteiger partial charge in [0.15, 0.2) is 11.6 Å². The van der Waals surface area contributed by atoms with Crippen molar-refractivity contribution < 1.29 is 14.4 Å². The average Bonchev–Trinajstić information content (AvgIpc) is 3.25. The third kappa shape index (κ3) is 9.51. The van der Waals surface area contributed by atoms with Crippen LogP contribution in [0.15, 0.2) is 60.4 Å². The number of hydrogen-bond donors (Lipinski definition) is 2. The van der Waals surface area contributed by atoms with E-state index in [2.05, 4.69) is 10.3 Å². The van der Waals surface area contributed by atoms with E-state index < -0.39 is 0 Å². The molecular weight excluding hydrogens is 416 g/mol. The van der Waals surface area contributed by atoms with Crippen LogP contribution in [0.25, 0.3) is 5.65 Å². The first-order chi connectivity index (χ1) is 15.7. The summed E-state index contributed by atoms with van der Waals surface area (Å²) in [6.45, 7) is 14.7. The van der Waals surface area contributed by atoms with Crippen molar-refractivity contribution in [2.24, 2.45) is 0 Å². The predicted molar refractivity (Wildman–Crippen MR) is 137 cm³/mol. The van der Waals surface area contributed by atoms with Gasteiger partial charge < -0.3 is 15.5 Å². The Balaban J connectivity index is 0.000000793. The lowest BCUT2D eigenvalue weighted by Crippen LogP contribution is -2.12. The summed E-state index contributed by atoms with van der Waals surface area (Å²) in [4.78, 5) is 38.0. The van der Waals surface area contributed by atoms with Gasteiger partial charge in [0, 0.05) is 30.6 Å². The summed E-state index contributed by atoms with van der Waals surface area (Å²) in [5.74, 6) is -0.199. The van der Waals surface area contributed by atoms with Crippen molar-refractivity contribution in [3.63, 3.8) is 0 Å². The zero-order valence-electron chi connectivity index (χ0n) is 20.9. The van der Waals surface area contributed by atoms with Crippen molar-refractivity contribution in [3.8, 4) is 0 Å². The fourth-order valence-electron chi connectivity index (χ4n) is 2.32. The maximum atomic E-state index is 12.2. The van der Waals surface area contributed by atoms with Gasteiger partial charge in [0.25, 0.3) is 5.91 Å². The van der Waals surface area contributed by atoms with E-state index in [1.54, 1.807) is 60.1 Å². The van der Waals surface area contributed by atoms with Gasteiger partial charge in [-0.25, -0.2) is 4.98 Å². The van der Waals surface area contributed by atoms with Gasteiger partial charge in [-0.15, -0.1) is 0 Å². The van der Waals surface area contributed by atoms with Crippen molar-refractivity contribution in [1.82, 2.24) is 9.38 Å². The second-order valence-electron chi connectivity index (χ2n) is 6.47. The minimum absolute atomic E-state index is 0.103. The maximum absolute atomic E-state index is 12.2. The smallest absolute Gasteiger partial charge is 0.255 e. The van der Waals surface area contributed by atoms with Gasteiger partial charge in [-0.05, 0) is 56.7 Å². The molecule has 1 amide bonds. The minimum Gasteiger partial charge on any atom is -0.399 e. The van der Waals surface area contributed by atoms with Crippen molar-refractivity contribution in [2.45, 2.75) is 55.4 Å². The number of benzene rings is 1. The van der Waals surface area contributed by atoms with Crippen LogP contribution in [0.1, 0.15) is 76.2 Å². The molecule has 0 aliphatic carbocycles. The van der Waals surface area contributed by atoms with Gasteiger partial charge in [0.1, 0.15) is 11.3 Å². The SMILES string of the molecule is C/C=C(\C)C(C)=O.CC.CC.CC(=O)c1cn2cc(NC(=O)c3cccc(N)c3)ccc2n1. The van der Waals surface area contributed by atoms with Gasteiger partial charge in [-0.2, -0.15) is 0 Å². The molecule has 2 heterocycles. The van der Waals surface area contributed by atoms with E-state index in [1.807, 2.05) is 47.6 Å².